The third-order valence-electron chi connectivity index (χ3n) is 6.63. The molecule has 172 valence electrons. The van der Waals surface area contributed by atoms with Gasteiger partial charge in [0.2, 0.25) is 5.91 Å². The van der Waals surface area contributed by atoms with Crippen LogP contribution in [0.1, 0.15) is 46.4 Å². The van der Waals surface area contributed by atoms with Crippen LogP contribution in [0.2, 0.25) is 0 Å². The molecule has 0 bridgehead atoms. The molecular formula is C25H26FN3O4. The van der Waals surface area contributed by atoms with Crippen LogP contribution in [-0.4, -0.2) is 65.0 Å². The highest BCUT2D eigenvalue weighted by atomic mass is 19.1. The van der Waals surface area contributed by atoms with Crippen LogP contribution in [0.3, 0.4) is 0 Å². The van der Waals surface area contributed by atoms with Gasteiger partial charge in [0.15, 0.2) is 0 Å². The van der Waals surface area contributed by atoms with Crippen molar-refractivity contribution in [3.63, 3.8) is 0 Å². The van der Waals surface area contributed by atoms with Crippen molar-refractivity contribution in [1.82, 2.24) is 15.1 Å². The summed E-state index contributed by atoms with van der Waals surface area (Å²) >= 11 is 0. The van der Waals surface area contributed by atoms with Crippen LogP contribution in [-0.2, 0) is 9.53 Å². The van der Waals surface area contributed by atoms with E-state index in [2.05, 4.69) is 5.32 Å². The minimum atomic E-state index is -0.961. The first-order valence-electron chi connectivity index (χ1n) is 11.3. The largest absolute Gasteiger partial charge is 0.353 e. The Morgan fingerprint density at radius 2 is 1.64 bits per heavy atom. The molecule has 3 amide bonds. The molecule has 2 saturated heterocycles. The summed E-state index contributed by atoms with van der Waals surface area (Å²) in [4.78, 5) is 42.6. The molecule has 0 aromatic heterocycles. The van der Waals surface area contributed by atoms with E-state index in [-0.39, 0.29) is 35.9 Å². The maximum atomic E-state index is 13.6. The average molecular weight is 451 g/mol. The zero-order chi connectivity index (χ0) is 23.0. The number of ether oxygens (including phenoxy) is 1. The molecule has 8 heteroatoms. The summed E-state index contributed by atoms with van der Waals surface area (Å²) in [6.07, 6.45) is 2.65. The zero-order valence-corrected chi connectivity index (χ0v) is 18.2. The predicted molar refractivity (Wildman–Crippen MR) is 118 cm³/mol. The molecule has 7 nitrogen and oxygen atoms in total. The van der Waals surface area contributed by atoms with Crippen molar-refractivity contribution in [3.05, 3.63) is 71.5 Å². The maximum Gasteiger partial charge on any atom is 0.256 e. The number of nitrogens with one attached hydrogen (secondary N) is 1. The molecule has 1 atom stereocenters. The topological polar surface area (TPSA) is 79.0 Å². The fourth-order valence-electron chi connectivity index (χ4n) is 4.68. The van der Waals surface area contributed by atoms with Crippen molar-refractivity contribution in [2.75, 3.05) is 19.7 Å². The number of hydrogen-bond donors (Lipinski definition) is 1. The van der Waals surface area contributed by atoms with E-state index in [1.807, 2.05) is 6.07 Å². The zero-order valence-electron chi connectivity index (χ0n) is 18.2. The van der Waals surface area contributed by atoms with Crippen molar-refractivity contribution in [2.45, 2.75) is 43.5 Å². The standard InChI is InChI=1S/C25H26FN3O4/c26-19-8-4-7-18(15-19)23(31)28-13-11-25(12-14-28)29(24(32)17-5-2-1-3-6-17)21(16-33-25)22(30)27-20-9-10-20/h1-8,15,20-21H,9-14,16H2,(H,27,30)/t21-/m0/s1. The van der Waals surface area contributed by atoms with E-state index in [4.69, 9.17) is 4.74 Å². The van der Waals surface area contributed by atoms with E-state index in [9.17, 15) is 18.8 Å². The predicted octanol–water partition coefficient (Wildman–Crippen LogP) is 2.58. The number of halogens is 1. The van der Waals surface area contributed by atoms with Crippen LogP contribution in [0.25, 0.3) is 0 Å². The van der Waals surface area contributed by atoms with Crippen molar-refractivity contribution in [2.24, 2.45) is 0 Å². The second-order valence-corrected chi connectivity index (χ2v) is 8.90. The Labute approximate surface area is 191 Å². The van der Waals surface area contributed by atoms with Gasteiger partial charge < -0.3 is 15.0 Å². The van der Waals surface area contributed by atoms with Gasteiger partial charge in [-0.15, -0.1) is 0 Å². The second-order valence-electron chi connectivity index (χ2n) is 8.90. The number of nitrogens with zero attached hydrogens (tertiary/aromatic N) is 2. The molecule has 0 unspecified atom stereocenters. The van der Waals surface area contributed by atoms with Crippen LogP contribution in [0.15, 0.2) is 54.6 Å². The van der Waals surface area contributed by atoms with Gasteiger partial charge in [-0.2, -0.15) is 0 Å². The summed E-state index contributed by atoms with van der Waals surface area (Å²) in [5.74, 6) is -1.17. The molecule has 0 radical (unpaired) electrons. The van der Waals surface area contributed by atoms with Gasteiger partial charge in [0.1, 0.15) is 17.6 Å². The summed E-state index contributed by atoms with van der Waals surface area (Å²) in [7, 11) is 0. The normalized spacial score (nSPS) is 21.8. The highest BCUT2D eigenvalue weighted by molar-refractivity contribution is 5.98. The van der Waals surface area contributed by atoms with Crippen LogP contribution in [0, 0.1) is 5.82 Å². The number of likely N-dealkylation sites (tertiary alicyclic amines) is 1. The van der Waals surface area contributed by atoms with Crippen molar-refractivity contribution < 1.29 is 23.5 Å². The first-order chi connectivity index (χ1) is 16.0. The highest BCUT2D eigenvalue weighted by Gasteiger charge is 2.54. The summed E-state index contributed by atoms with van der Waals surface area (Å²) in [5.41, 5.74) is -0.181. The fourth-order valence-corrected chi connectivity index (χ4v) is 4.68. The summed E-state index contributed by atoms with van der Waals surface area (Å²) in [6.45, 7) is 0.796. The average Bonchev–Trinajstić information content (AvgIpc) is 3.58. The lowest BCUT2D eigenvalue weighted by molar-refractivity contribution is -0.128. The summed E-state index contributed by atoms with van der Waals surface area (Å²) < 4.78 is 19.7. The number of rotatable bonds is 4. The molecule has 2 aliphatic heterocycles. The smallest absolute Gasteiger partial charge is 0.256 e. The number of carbonyl (C=O) groups excluding carboxylic acids is 3. The number of benzene rings is 2. The fraction of sp³-hybridized carbons (Fsp3) is 0.400. The molecule has 2 aromatic rings. The first kappa shape index (κ1) is 21.6. The van der Waals surface area contributed by atoms with E-state index in [1.165, 1.54) is 18.2 Å². The van der Waals surface area contributed by atoms with Gasteiger partial charge >= 0.3 is 0 Å². The van der Waals surface area contributed by atoms with E-state index in [0.717, 1.165) is 12.8 Å². The number of piperidine rings is 1. The molecule has 3 aliphatic rings. The van der Waals surface area contributed by atoms with E-state index < -0.39 is 17.6 Å². The van der Waals surface area contributed by atoms with Gasteiger partial charge in [0, 0.05) is 43.1 Å². The van der Waals surface area contributed by atoms with Gasteiger partial charge in [-0.1, -0.05) is 24.3 Å². The summed E-state index contributed by atoms with van der Waals surface area (Å²) in [5, 5.41) is 3.00. The molecule has 2 heterocycles. The Balaban J connectivity index is 1.37. The molecule has 3 fully saturated rings. The Hall–Kier alpha value is -3.26. The van der Waals surface area contributed by atoms with Gasteiger partial charge in [-0.25, -0.2) is 4.39 Å². The van der Waals surface area contributed by atoms with Crippen LogP contribution >= 0.6 is 0 Å². The summed E-state index contributed by atoms with van der Waals surface area (Å²) in [6, 6.07) is 13.9. The van der Waals surface area contributed by atoms with Gasteiger partial charge in [-0.05, 0) is 43.2 Å². The van der Waals surface area contributed by atoms with Crippen molar-refractivity contribution in [3.8, 4) is 0 Å². The highest BCUT2D eigenvalue weighted by Crippen LogP contribution is 2.39. The Bertz CT molecular complexity index is 1060. The quantitative estimate of drug-likeness (QED) is 0.775. The minimum absolute atomic E-state index is 0.120. The van der Waals surface area contributed by atoms with Crippen molar-refractivity contribution >= 4 is 17.7 Å². The lowest BCUT2D eigenvalue weighted by Crippen LogP contribution is -2.60. The van der Waals surface area contributed by atoms with E-state index in [1.54, 1.807) is 40.1 Å². The van der Waals surface area contributed by atoms with Gasteiger partial charge in [0.25, 0.3) is 11.8 Å². The first-order valence-corrected chi connectivity index (χ1v) is 11.3. The minimum Gasteiger partial charge on any atom is -0.353 e. The van der Waals surface area contributed by atoms with Gasteiger partial charge in [0.05, 0.1) is 6.61 Å². The lowest BCUT2D eigenvalue weighted by atomic mass is 9.96. The maximum absolute atomic E-state index is 13.6. The molecule has 33 heavy (non-hydrogen) atoms. The van der Waals surface area contributed by atoms with Crippen LogP contribution in [0.4, 0.5) is 4.39 Å². The molecule has 1 N–H and O–H groups in total. The Morgan fingerprint density at radius 3 is 2.30 bits per heavy atom. The Kier molecular flexibility index (Phi) is 5.62. The molecular weight excluding hydrogens is 425 g/mol. The van der Waals surface area contributed by atoms with Crippen molar-refractivity contribution in [1.29, 1.82) is 0 Å². The van der Waals surface area contributed by atoms with Crippen LogP contribution in [0.5, 0.6) is 0 Å². The third kappa shape index (κ3) is 4.23. The Morgan fingerprint density at radius 1 is 0.939 bits per heavy atom. The number of carbonyl (C=O) groups is 3. The van der Waals surface area contributed by atoms with Gasteiger partial charge in [-0.3, -0.25) is 19.3 Å². The van der Waals surface area contributed by atoms with Crippen LogP contribution < -0.4 is 5.32 Å². The molecule has 2 aromatic carbocycles. The second kappa shape index (κ2) is 8.59. The third-order valence-corrected chi connectivity index (χ3v) is 6.63. The SMILES string of the molecule is O=C(NC1CC1)[C@@H]1COC2(CCN(C(=O)c3cccc(F)c3)CC2)N1C(=O)c1ccccc1. The number of amides is 3. The molecule has 1 spiro atoms. The number of hydrogen-bond acceptors (Lipinski definition) is 4. The van der Waals surface area contributed by atoms with E-state index in [0.29, 0.717) is 31.5 Å². The molecule has 1 saturated carbocycles. The molecule has 5 rings (SSSR count). The monoisotopic (exact) mass is 451 g/mol. The van der Waals surface area contributed by atoms with E-state index >= 15 is 0 Å². The molecule has 1 aliphatic carbocycles. The lowest BCUT2D eigenvalue weighted by Gasteiger charge is -2.44.